The van der Waals surface area contributed by atoms with Gasteiger partial charge in [0.2, 0.25) is 5.88 Å². The molecule has 0 atom stereocenters. The van der Waals surface area contributed by atoms with Gasteiger partial charge >= 0.3 is 6.18 Å². The molecule has 0 aliphatic rings. The minimum absolute atomic E-state index is 0.0992. The Bertz CT molecular complexity index is 599. The van der Waals surface area contributed by atoms with Gasteiger partial charge in [-0.15, -0.1) is 0 Å². The number of halogens is 3. The van der Waals surface area contributed by atoms with Gasteiger partial charge in [0, 0.05) is 12.4 Å². The van der Waals surface area contributed by atoms with Crippen molar-refractivity contribution >= 4 is 0 Å². The van der Waals surface area contributed by atoms with Crippen molar-refractivity contribution in [2.24, 2.45) is 0 Å². The molecule has 2 rings (SSSR count). The smallest absolute Gasteiger partial charge is 0.416 e. The SMILES string of the molecule is CC.CC(C)c1ccccc1C(F)(F)F.COc1nccnc1C. The van der Waals surface area contributed by atoms with Crippen molar-refractivity contribution in [2.45, 2.75) is 46.7 Å². The van der Waals surface area contributed by atoms with Crippen LogP contribution in [-0.4, -0.2) is 17.1 Å². The molecule has 0 saturated heterocycles. The molecule has 24 heavy (non-hydrogen) atoms. The molecule has 0 spiro atoms. The van der Waals surface area contributed by atoms with Crippen LogP contribution in [0.4, 0.5) is 13.2 Å². The summed E-state index contributed by atoms with van der Waals surface area (Å²) >= 11 is 0. The highest BCUT2D eigenvalue weighted by Gasteiger charge is 2.33. The van der Waals surface area contributed by atoms with Crippen molar-refractivity contribution in [3.63, 3.8) is 0 Å². The predicted molar refractivity (Wildman–Crippen MR) is 90.2 cm³/mol. The van der Waals surface area contributed by atoms with E-state index >= 15 is 0 Å². The van der Waals surface area contributed by atoms with Gasteiger partial charge in [0.15, 0.2) is 0 Å². The third-order valence-corrected chi connectivity index (χ3v) is 2.92. The number of ether oxygens (including phenoxy) is 1. The zero-order chi connectivity index (χ0) is 18.8. The van der Waals surface area contributed by atoms with Crippen LogP contribution >= 0.6 is 0 Å². The Morgan fingerprint density at radius 3 is 1.92 bits per heavy atom. The number of rotatable bonds is 2. The number of hydrogen-bond donors (Lipinski definition) is 0. The third kappa shape index (κ3) is 6.98. The van der Waals surface area contributed by atoms with E-state index in [0.29, 0.717) is 11.4 Å². The first-order valence-corrected chi connectivity index (χ1v) is 7.75. The van der Waals surface area contributed by atoms with Crippen LogP contribution in [0.2, 0.25) is 0 Å². The van der Waals surface area contributed by atoms with Gasteiger partial charge in [0.25, 0.3) is 0 Å². The number of aromatic nitrogens is 2. The number of alkyl halides is 3. The molecule has 3 nitrogen and oxygen atoms in total. The molecule has 0 unspecified atom stereocenters. The van der Waals surface area contributed by atoms with Crippen LogP contribution in [0, 0.1) is 6.92 Å². The van der Waals surface area contributed by atoms with Gasteiger partial charge in [-0.3, -0.25) is 4.98 Å². The minimum atomic E-state index is -4.24. The molecule has 0 bridgehead atoms. The van der Waals surface area contributed by atoms with Crippen LogP contribution in [0.25, 0.3) is 0 Å². The normalized spacial score (nSPS) is 10.2. The summed E-state index contributed by atoms with van der Waals surface area (Å²) in [6.45, 7) is 9.36. The zero-order valence-electron chi connectivity index (χ0n) is 15.0. The van der Waals surface area contributed by atoms with Crippen LogP contribution in [0.5, 0.6) is 5.88 Å². The number of nitrogens with zero attached hydrogens (tertiary/aromatic N) is 2. The average molecular weight is 342 g/mol. The lowest BCUT2D eigenvalue weighted by molar-refractivity contribution is -0.138. The maximum atomic E-state index is 12.4. The first-order valence-electron chi connectivity index (χ1n) is 7.75. The maximum Gasteiger partial charge on any atom is 0.416 e. The Labute approximate surface area is 141 Å². The van der Waals surface area contributed by atoms with E-state index in [1.165, 1.54) is 12.1 Å². The van der Waals surface area contributed by atoms with E-state index in [4.69, 9.17) is 4.74 Å². The van der Waals surface area contributed by atoms with E-state index in [0.717, 1.165) is 11.8 Å². The molecule has 0 aliphatic carbocycles. The van der Waals surface area contributed by atoms with Crippen LogP contribution in [0.3, 0.4) is 0 Å². The van der Waals surface area contributed by atoms with Gasteiger partial charge in [0.1, 0.15) is 0 Å². The summed E-state index contributed by atoms with van der Waals surface area (Å²) in [6.07, 6.45) is -0.995. The lowest BCUT2D eigenvalue weighted by Crippen LogP contribution is -2.09. The highest BCUT2D eigenvalue weighted by molar-refractivity contribution is 5.31. The molecule has 0 N–H and O–H groups in total. The Morgan fingerprint density at radius 2 is 1.54 bits per heavy atom. The summed E-state index contributed by atoms with van der Waals surface area (Å²) in [4.78, 5) is 7.87. The number of methoxy groups -OCH3 is 1. The summed E-state index contributed by atoms with van der Waals surface area (Å²) in [7, 11) is 1.58. The fourth-order valence-electron chi connectivity index (χ4n) is 1.85. The molecule has 0 amide bonds. The summed E-state index contributed by atoms with van der Waals surface area (Å²) in [6, 6.07) is 5.68. The molecule has 1 aromatic heterocycles. The van der Waals surface area contributed by atoms with Gasteiger partial charge in [-0.05, 0) is 24.5 Å². The van der Waals surface area contributed by atoms with Crippen LogP contribution in [0.1, 0.15) is 50.4 Å². The second-order valence-corrected chi connectivity index (χ2v) is 4.89. The summed E-state index contributed by atoms with van der Waals surface area (Å²) in [5, 5.41) is 0. The van der Waals surface area contributed by atoms with Crippen molar-refractivity contribution in [3.8, 4) is 5.88 Å². The van der Waals surface area contributed by atoms with Gasteiger partial charge in [-0.25, -0.2) is 4.98 Å². The predicted octanol–water partition coefficient (Wildman–Crippen LogP) is 5.65. The lowest BCUT2D eigenvalue weighted by atomic mass is 9.97. The van der Waals surface area contributed by atoms with E-state index in [1.807, 2.05) is 20.8 Å². The Morgan fingerprint density at radius 1 is 1.00 bits per heavy atom. The van der Waals surface area contributed by atoms with Crippen molar-refractivity contribution in [1.82, 2.24) is 9.97 Å². The summed E-state index contributed by atoms with van der Waals surface area (Å²) < 4.78 is 42.1. The molecular weight excluding hydrogens is 317 g/mol. The van der Waals surface area contributed by atoms with Gasteiger partial charge in [-0.1, -0.05) is 45.9 Å². The monoisotopic (exact) mass is 342 g/mol. The number of aryl methyl sites for hydroxylation is 1. The molecule has 6 heteroatoms. The molecule has 1 aromatic carbocycles. The topological polar surface area (TPSA) is 35.0 Å². The average Bonchev–Trinajstić information content (AvgIpc) is 2.57. The Kier molecular flexibility index (Phi) is 9.69. The largest absolute Gasteiger partial charge is 0.480 e. The van der Waals surface area contributed by atoms with Gasteiger partial charge in [0.05, 0.1) is 18.4 Å². The van der Waals surface area contributed by atoms with Gasteiger partial charge in [-0.2, -0.15) is 13.2 Å². The third-order valence-electron chi connectivity index (χ3n) is 2.92. The first-order chi connectivity index (χ1) is 11.3. The van der Waals surface area contributed by atoms with Crippen LogP contribution in [-0.2, 0) is 6.18 Å². The van der Waals surface area contributed by atoms with E-state index in [2.05, 4.69) is 9.97 Å². The molecule has 2 aromatic rings. The quantitative estimate of drug-likeness (QED) is 0.707. The molecule has 1 heterocycles. The van der Waals surface area contributed by atoms with E-state index in [9.17, 15) is 13.2 Å². The lowest BCUT2D eigenvalue weighted by Gasteiger charge is -2.14. The molecule has 134 valence electrons. The maximum absolute atomic E-state index is 12.4. The van der Waals surface area contributed by atoms with Gasteiger partial charge < -0.3 is 4.74 Å². The molecule has 0 saturated carbocycles. The van der Waals surface area contributed by atoms with Crippen molar-refractivity contribution in [3.05, 3.63) is 53.5 Å². The highest BCUT2D eigenvalue weighted by Crippen LogP contribution is 2.34. The fourth-order valence-corrected chi connectivity index (χ4v) is 1.85. The van der Waals surface area contributed by atoms with E-state index in [1.54, 1.807) is 39.4 Å². The van der Waals surface area contributed by atoms with E-state index in [-0.39, 0.29) is 5.92 Å². The fraction of sp³-hybridized carbons (Fsp3) is 0.444. The summed E-state index contributed by atoms with van der Waals surface area (Å²) in [5.41, 5.74) is 0.653. The van der Waals surface area contributed by atoms with Crippen molar-refractivity contribution in [2.75, 3.05) is 7.11 Å². The number of benzene rings is 1. The molecular formula is C18H25F3N2O. The second-order valence-electron chi connectivity index (χ2n) is 4.89. The molecule has 0 fully saturated rings. The molecule has 0 radical (unpaired) electrons. The van der Waals surface area contributed by atoms with Crippen molar-refractivity contribution in [1.29, 1.82) is 0 Å². The summed E-state index contributed by atoms with van der Waals surface area (Å²) in [5.74, 6) is 0.496. The second kappa shape index (κ2) is 10.6. The number of hydrogen-bond acceptors (Lipinski definition) is 3. The Hall–Kier alpha value is -2.11. The molecule has 0 aliphatic heterocycles. The van der Waals surface area contributed by atoms with Crippen molar-refractivity contribution < 1.29 is 17.9 Å². The Balaban J connectivity index is 0.000000420. The zero-order valence-corrected chi connectivity index (χ0v) is 15.0. The highest BCUT2D eigenvalue weighted by atomic mass is 19.4. The standard InChI is InChI=1S/C10H11F3.C6H8N2O.C2H6/c1-7(2)8-5-3-4-6-9(8)10(11,12)13;1-5-6(9-2)8-4-3-7-5;1-2/h3-7H,1-2H3;3-4H,1-2H3;1-2H3. The van der Waals surface area contributed by atoms with Crippen LogP contribution < -0.4 is 4.74 Å². The van der Waals surface area contributed by atoms with Crippen LogP contribution in [0.15, 0.2) is 36.7 Å². The first kappa shape index (κ1) is 21.9. The minimum Gasteiger partial charge on any atom is -0.480 e. The van der Waals surface area contributed by atoms with E-state index < -0.39 is 11.7 Å².